The van der Waals surface area contributed by atoms with E-state index in [0.717, 1.165) is 28.1 Å². The van der Waals surface area contributed by atoms with Crippen molar-refractivity contribution in [2.75, 3.05) is 0 Å². The maximum absolute atomic E-state index is 13.7. The fourth-order valence-corrected chi connectivity index (χ4v) is 4.02. The van der Waals surface area contributed by atoms with E-state index < -0.39 is 11.3 Å². The lowest BCUT2D eigenvalue weighted by Gasteiger charge is -2.11. The molecule has 1 fully saturated rings. The average molecular weight is 409 g/mol. The molecule has 30 heavy (non-hydrogen) atoms. The predicted molar refractivity (Wildman–Crippen MR) is 110 cm³/mol. The highest BCUT2D eigenvalue weighted by molar-refractivity contribution is 5.79. The van der Waals surface area contributed by atoms with E-state index >= 15 is 0 Å². The number of aromatic amines is 1. The van der Waals surface area contributed by atoms with Crippen LogP contribution in [0.4, 0.5) is 8.78 Å². The van der Waals surface area contributed by atoms with Gasteiger partial charge in [0.1, 0.15) is 0 Å². The van der Waals surface area contributed by atoms with Crippen molar-refractivity contribution in [2.45, 2.75) is 32.7 Å². The summed E-state index contributed by atoms with van der Waals surface area (Å²) in [7, 11) is 1.62. The van der Waals surface area contributed by atoms with Gasteiger partial charge in [-0.1, -0.05) is 19.1 Å². The number of aryl methyl sites for hydroxylation is 2. The number of alkyl halides is 2. The summed E-state index contributed by atoms with van der Waals surface area (Å²) in [4.78, 5) is 17.5. The zero-order chi connectivity index (χ0) is 21.3. The van der Waals surface area contributed by atoms with Crippen molar-refractivity contribution < 1.29 is 8.78 Å². The van der Waals surface area contributed by atoms with Gasteiger partial charge >= 0.3 is 5.69 Å². The van der Waals surface area contributed by atoms with Gasteiger partial charge in [-0.15, -0.1) is 0 Å². The summed E-state index contributed by atoms with van der Waals surface area (Å²) in [6.07, 6.45) is 1.50. The minimum absolute atomic E-state index is 0.0223. The number of nitrogens with zero attached hydrogens (tertiary/aromatic N) is 4. The number of imidazole rings is 1. The smallest absolute Gasteiger partial charge is 0.290 e. The highest BCUT2D eigenvalue weighted by Gasteiger charge is 2.68. The number of nitrogens with one attached hydrogen (secondary N) is 1. The minimum Gasteiger partial charge on any atom is -0.290 e. The first kappa shape index (κ1) is 18.7. The predicted octanol–water partition coefficient (Wildman–Crippen LogP) is 4.15. The number of pyridine rings is 1. The summed E-state index contributed by atoms with van der Waals surface area (Å²) in [6, 6.07) is 11.6. The van der Waals surface area contributed by atoms with E-state index in [9.17, 15) is 13.6 Å². The Hall–Kier alpha value is -3.29. The first-order valence-electron chi connectivity index (χ1n) is 9.75. The Morgan fingerprint density at radius 2 is 1.97 bits per heavy atom. The van der Waals surface area contributed by atoms with Crippen molar-refractivity contribution >= 4 is 11.2 Å². The Kier molecular flexibility index (Phi) is 3.81. The summed E-state index contributed by atoms with van der Waals surface area (Å²) >= 11 is 0. The van der Waals surface area contributed by atoms with Gasteiger partial charge in [0.15, 0.2) is 5.65 Å². The van der Waals surface area contributed by atoms with E-state index in [0.29, 0.717) is 11.2 Å². The molecule has 0 aliphatic heterocycles. The number of hydrogen-bond donors (Lipinski definition) is 1. The standard InChI is InChI=1S/C22H21F2N5O/c1-13-4-5-14(16-8-9-25-27-16)10-15(13)17-6-7-18-19(26-17)28(3)20(30)29(18)12-21(2)11-22(21,23)24/h4-10H,11-12H2,1-3H3,(H,25,27)/t21-/m1/s1. The lowest BCUT2D eigenvalue weighted by molar-refractivity contribution is 0.0637. The first-order valence-corrected chi connectivity index (χ1v) is 9.75. The first-order chi connectivity index (χ1) is 14.2. The largest absolute Gasteiger partial charge is 0.330 e. The van der Waals surface area contributed by atoms with Gasteiger partial charge in [-0.05, 0) is 36.8 Å². The van der Waals surface area contributed by atoms with Gasteiger partial charge in [0.2, 0.25) is 0 Å². The second-order valence-electron chi connectivity index (χ2n) is 8.41. The van der Waals surface area contributed by atoms with Crippen LogP contribution in [0.2, 0.25) is 0 Å². The third-order valence-electron chi connectivity index (χ3n) is 6.18. The number of H-pyrrole nitrogens is 1. The number of fused-ring (bicyclic) bond motifs is 1. The van der Waals surface area contributed by atoms with Crippen LogP contribution in [-0.4, -0.2) is 30.2 Å². The van der Waals surface area contributed by atoms with E-state index in [4.69, 9.17) is 4.98 Å². The van der Waals surface area contributed by atoms with Crippen LogP contribution in [0.15, 0.2) is 47.4 Å². The molecule has 1 aliphatic carbocycles. The monoisotopic (exact) mass is 409 g/mol. The van der Waals surface area contributed by atoms with Crippen molar-refractivity contribution in [1.82, 2.24) is 24.3 Å². The molecule has 4 aromatic rings. The SMILES string of the molecule is Cc1ccc(-c2ccn[nH]2)cc1-c1ccc2c(n1)n(C)c(=O)n2C[C@@]1(C)CC1(F)F. The summed E-state index contributed by atoms with van der Waals surface area (Å²) in [6.45, 7) is 3.49. The summed E-state index contributed by atoms with van der Waals surface area (Å²) in [5.74, 6) is -2.73. The Balaban J connectivity index is 1.61. The molecule has 1 saturated carbocycles. The molecule has 3 aromatic heterocycles. The number of rotatable bonds is 4. The van der Waals surface area contributed by atoms with Crippen LogP contribution in [-0.2, 0) is 13.6 Å². The van der Waals surface area contributed by atoms with Gasteiger partial charge in [0.25, 0.3) is 5.92 Å². The molecule has 1 atom stereocenters. The molecule has 1 aromatic carbocycles. The molecule has 0 spiro atoms. The van der Waals surface area contributed by atoms with Gasteiger partial charge in [-0.3, -0.25) is 14.2 Å². The second kappa shape index (κ2) is 6.10. The van der Waals surface area contributed by atoms with Crippen LogP contribution in [0.3, 0.4) is 0 Å². The Morgan fingerprint density at radius 3 is 2.63 bits per heavy atom. The average Bonchev–Trinajstić information content (AvgIpc) is 3.09. The third kappa shape index (κ3) is 2.70. The van der Waals surface area contributed by atoms with E-state index in [1.165, 1.54) is 16.1 Å². The van der Waals surface area contributed by atoms with Crippen molar-refractivity contribution in [3.63, 3.8) is 0 Å². The number of aromatic nitrogens is 5. The van der Waals surface area contributed by atoms with Gasteiger partial charge in [-0.2, -0.15) is 5.10 Å². The van der Waals surface area contributed by atoms with Crippen LogP contribution in [0.1, 0.15) is 18.9 Å². The Bertz CT molecular complexity index is 1340. The normalized spacial score (nSPS) is 20.0. The van der Waals surface area contributed by atoms with E-state index in [1.54, 1.807) is 19.3 Å². The van der Waals surface area contributed by atoms with Gasteiger partial charge in [0, 0.05) is 37.3 Å². The molecule has 1 aliphatic rings. The topological polar surface area (TPSA) is 68.5 Å². The summed E-state index contributed by atoms with van der Waals surface area (Å²) in [5, 5.41) is 6.95. The molecule has 6 nitrogen and oxygen atoms in total. The van der Waals surface area contributed by atoms with Crippen LogP contribution >= 0.6 is 0 Å². The van der Waals surface area contributed by atoms with Crippen LogP contribution in [0, 0.1) is 12.3 Å². The zero-order valence-corrected chi connectivity index (χ0v) is 16.9. The number of benzene rings is 1. The van der Waals surface area contributed by atoms with Gasteiger partial charge in [0.05, 0.1) is 22.3 Å². The van der Waals surface area contributed by atoms with Crippen LogP contribution in [0.5, 0.6) is 0 Å². The molecule has 0 radical (unpaired) electrons. The second-order valence-corrected chi connectivity index (χ2v) is 8.41. The van der Waals surface area contributed by atoms with Crippen molar-refractivity contribution in [2.24, 2.45) is 12.5 Å². The third-order valence-corrected chi connectivity index (χ3v) is 6.18. The van der Waals surface area contributed by atoms with Crippen molar-refractivity contribution in [3.05, 3.63) is 58.6 Å². The number of halogens is 2. The van der Waals surface area contributed by atoms with Crippen molar-refractivity contribution in [3.8, 4) is 22.5 Å². The molecule has 1 N–H and O–H groups in total. The lowest BCUT2D eigenvalue weighted by Crippen LogP contribution is -2.27. The molecule has 154 valence electrons. The highest BCUT2D eigenvalue weighted by atomic mass is 19.3. The minimum atomic E-state index is -2.73. The molecular weight excluding hydrogens is 388 g/mol. The fourth-order valence-electron chi connectivity index (χ4n) is 4.02. The van der Waals surface area contributed by atoms with Gasteiger partial charge in [-0.25, -0.2) is 18.6 Å². The molecule has 0 saturated heterocycles. The van der Waals surface area contributed by atoms with Crippen LogP contribution < -0.4 is 5.69 Å². The quantitative estimate of drug-likeness (QED) is 0.551. The van der Waals surface area contributed by atoms with E-state index in [-0.39, 0.29) is 18.7 Å². The van der Waals surface area contributed by atoms with E-state index in [2.05, 4.69) is 10.2 Å². The molecule has 0 amide bonds. The maximum atomic E-state index is 13.7. The zero-order valence-electron chi connectivity index (χ0n) is 16.9. The molecule has 0 bridgehead atoms. The molecule has 5 rings (SSSR count). The fraction of sp³-hybridized carbons (Fsp3) is 0.318. The molecule has 8 heteroatoms. The van der Waals surface area contributed by atoms with Crippen LogP contribution in [0.25, 0.3) is 33.7 Å². The Morgan fingerprint density at radius 1 is 1.20 bits per heavy atom. The molecule has 0 unspecified atom stereocenters. The molecule has 3 heterocycles. The summed E-state index contributed by atoms with van der Waals surface area (Å²) < 4.78 is 30.3. The summed E-state index contributed by atoms with van der Waals surface area (Å²) in [5.41, 5.74) is 4.11. The maximum Gasteiger partial charge on any atom is 0.330 e. The van der Waals surface area contributed by atoms with Crippen molar-refractivity contribution in [1.29, 1.82) is 0 Å². The van der Waals surface area contributed by atoms with E-state index in [1.807, 2.05) is 37.3 Å². The molecular formula is C22H21F2N5O. The van der Waals surface area contributed by atoms with Gasteiger partial charge < -0.3 is 0 Å². The highest BCUT2D eigenvalue weighted by Crippen LogP contribution is 2.61. The lowest BCUT2D eigenvalue weighted by atomic mass is 10.0. The number of hydrogen-bond acceptors (Lipinski definition) is 3. The Labute approximate surface area is 171 Å².